The predicted molar refractivity (Wildman–Crippen MR) is 102 cm³/mol. The van der Waals surface area contributed by atoms with Gasteiger partial charge in [0.15, 0.2) is 16.7 Å². The summed E-state index contributed by atoms with van der Waals surface area (Å²) in [6.07, 6.45) is 7.67. The van der Waals surface area contributed by atoms with Crippen molar-refractivity contribution < 1.29 is 14.3 Å². The summed E-state index contributed by atoms with van der Waals surface area (Å²) in [5.74, 6) is 1.39. The van der Waals surface area contributed by atoms with E-state index < -0.39 is 0 Å². The highest BCUT2D eigenvalue weighted by atomic mass is 32.2. The van der Waals surface area contributed by atoms with Crippen molar-refractivity contribution in [1.82, 2.24) is 4.90 Å². The lowest BCUT2D eigenvalue weighted by molar-refractivity contribution is -0.124. The molecule has 1 aliphatic heterocycles. The highest BCUT2D eigenvalue weighted by Gasteiger charge is 2.38. The molecule has 1 heterocycles. The fourth-order valence-corrected chi connectivity index (χ4v) is 4.40. The summed E-state index contributed by atoms with van der Waals surface area (Å²) in [4.78, 5) is 19.9. The zero-order valence-electron chi connectivity index (χ0n) is 14.9. The molecule has 0 bridgehead atoms. The molecule has 0 unspecified atom stereocenters. The molecule has 5 nitrogen and oxygen atoms in total. The SMILES string of the molecule is CN=C1SC(=Cc2ccc(OC)c(OC)c2)C(=O)N1C1CCCCC1. The first-order chi connectivity index (χ1) is 12.2. The molecule has 0 spiro atoms. The Hall–Kier alpha value is -1.95. The molecule has 0 N–H and O–H groups in total. The number of benzene rings is 1. The van der Waals surface area contributed by atoms with Gasteiger partial charge in [-0.25, -0.2) is 0 Å². The smallest absolute Gasteiger partial charge is 0.266 e. The molecular formula is C19H24N2O3S. The number of carbonyl (C=O) groups is 1. The molecule has 2 aliphatic rings. The molecule has 1 aromatic rings. The Balaban J connectivity index is 1.87. The van der Waals surface area contributed by atoms with Gasteiger partial charge in [0, 0.05) is 13.1 Å². The fraction of sp³-hybridized carbons (Fsp3) is 0.474. The lowest BCUT2D eigenvalue weighted by Crippen LogP contribution is -2.40. The van der Waals surface area contributed by atoms with Crippen molar-refractivity contribution in [3.63, 3.8) is 0 Å². The van der Waals surface area contributed by atoms with E-state index in [1.807, 2.05) is 29.2 Å². The van der Waals surface area contributed by atoms with E-state index >= 15 is 0 Å². The number of aliphatic imine (C=N–C) groups is 1. The summed E-state index contributed by atoms with van der Waals surface area (Å²) in [7, 11) is 4.97. The average molecular weight is 360 g/mol. The number of rotatable bonds is 4. The zero-order chi connectivity index (χ0) is 17.8. The molecule has 25 heavy (non-hydrogen) atoms. The number of carbonyl (C=O) groups excluding carboxylic acids is 1. The zero-order valence-corrected chi connectivity index (χ0v) is 15.8. The molecule has 1 saturated carbocycles. The summed E-state index contributed by atoms with van der Waals surface area (Å²) in [6.45, 7) is 0. The molecule has 2 fully saturated rings. The maximum Gasteiger partial charge on any atom is 0.266 e. The van der Waals surface area contributed by atoms with Gasteiger partial charge < -0.3 is 9.47 Å². The van der Waals surface area contributed by atoms with Crippen LogP contribution in [0.25, 0.3) is 6.08 Å². The highest BCUT2D eigenvalue weighted by Crippen LogP contribution is 2.38. The summed E-state index contributed by atoms with van der Waals surface area (Å²) in [5, 5.41) is 0.809. The Kier molecular flexibility index (Phi) is 5.68. The van der Waals surface area contributed by atoms with Crippen LogP contribution in [0.15, 0.2) is 28.1 Å². The highest BCUT2D eigenvalue weighted by molar-refractivity contribution is 8.18. The van der Waals surface area contributed by atoms with Crippen molar-refractivity contribution in [1.29, 1.82) is 0 Å². The van der Waals surface area contributed by atoms with Crippen LogP contribution in [0.3, 0.4) is 0 Å². The summed E-state index contributed by atoms with van der Waals surface area (Å²) in [6, 6.07) is 5.94. The van der Waals surface area contributed by atoms with E-state index in [9.17, 15) is 4.79 Å². The third-order valence-electron chi connectivity index (χ3n) is 4.67. The Bertz CT molecular complexity index is 709. The van der Waals surface area contributed by atoms with E-state index in [2.05, 4.69) is 4.99 Å². The van der Waals surface area contributed by atoms with Crippen molar-refractivity contribution >= 4 is 28.9 Å². The quantitative estimate of drug-likeness (QED) is 0.763. The van der Waals surface area contributed by atoms with E-state index in [1.165, 1.54) is 31.0 Å². The van der Waals surface area contributed by atoms with Gasteiger partial charge in [-0.15, -0.1) is 0 Å². The van der Waals surface area contributed by atoms with Crippen LogP contribution < -0.4 is 9.47 Å². The lowest BCUT2D eigenvalue weighted by Gasteiger charge is -2.30. The van der Waals surface area contributed by atoms with Crippen LogP contribution in [0.1, 0.15) is 37.7 Å². The number of nitrogens with zero attached hydrogens (tertiary/aromatic N) is 2. The minimum absolute atomic E-state index is 0.0623. The van der Waals surface area contributed by atoms with Gasteiger partial charge in [0.05, 0.1) is 19.1 Å². The van der Waals surface area contributed by atoms with Crippen LogP contribution in [0.5, 0.6) is 11.5 Å². The standard InChI is InChI=1S/C19H24N2O3S/c1-20-19-21(14-7-5-4-6-8-14)18(22)17(25-19)12-13-9-10-15(23-2)16(11-13)24-3/h9-12,14H,4-8H2,1-3H3. The van der Waals surface area contributed by atoms with Crippen molar-refractivity contribution in [3.05, 3.63) is 28.7 Å². The van der Waals surface area contributed by atoms with Gasteiger partial charge in [-0.3, -0.25) is 14.7 Å². The van der Waals surface area contributed by atoms with E-state index in [0.717, 1.165) is 23.6 Å². The molecule has 3 rings (SSSR count). The molecule has 0 radical (unpaired) electrons. The van der Waals surface area contributed by atoms with E-state index in [1.54, 1.807) is 21.3 Å². The minimum Gasteiger partial charge on any atom is -0.493 e. The molecule has 134 valence electrons. The van der Waals surface area contributed by atoms with Crippen molar-refractivity contribution in [2.45, 2.75) is 38.1 Å². The Morgan fingerprint density at radius 1 is 1.16 bits per heavy atom. The van der Waals surface area contributed by atoms with Gasteiger partial charge in [0.2, 0.25) is 0 Å². The number of thioether (sulfide) groups is 1. The topological polar surface area (TPSA) is 51.1 Å². The van der Waals surface area contributed by atoms with Crippen LogP contribution in [-0.2, 0) is 4.79 Å². The second kappa shape index (κ2) is 7.95. The second-order valence-electron chi connectivity index (χ2n) is 6.20. The van der Waals surface area contributed by atoms with Gasteiger partial charge in [0.25, 0.3) is 5.91 Å². The molecule has 1 aliphatic carbocycles. The Labute approximate surface area is 153 Å². The molecule has 6 heteroatoms. The van der Waals surface area contributed by atoms with E-state index in [4.69, 9.17) is 9.47 Å². The first-order valence-corrected chi connectivity index (χ1v) is 9.41. The third kappa shape index (κ3) is 3.68. The monoisotopic (exact) mass is 360 g/mol. The van der Waals surface area contributed by atoms with Crippen molar-refractivity contribution in [2.24, 2.45) is 4.99 Å². The second-order valence-corrected chi connectivity index (χ2v) is 7.21. The number of ether oxygens (including phenoxy) is 2. The molecule has 1 aromatic carbocycles. The van der Waals surface area contributed by atoms with Crippen LogP contribution in [-0.4, -0.2) is 43.3 Å². The largest absolute Gasteiger partial charge is 0.493 e. The number of hydrogen-bond donors (Lipinski definition) is 0. The molecule has 0 atom stereocenters. The number of methoxy groups -OCH3 is 2. The number of hydrogen-bond acceptors (Lipinski definition) is 5. The first kappa shape index (κ1) is 17.9. The van der Waals surface area contributed by atoms with Gasteiger partial charge in [-0.2, -0.15) is 0 Å². The van der Waals surface area contributed by atoms with E-state index in [0.29, 0.717) is 16.4 Å². The maximum absolute atomic E-state index is 13.0. The lowest BCUT2D eigenvalue weighted by atomic mass is 9.94. The van der Waals surface area contributed by atoms with Crippen LogP contribution in [0.4, 0.5) is 0 Å². The minimum atomic E-state index is 0.0623. The van der Waals surface area contributed by atoms with Crippen molar-refractivity contribution in [2.75, 3.05) is 21.3 Å². The summed E-state index contributed by atoms with van der Waals surface area (Å²) < 4.78 is 10.6. The maximum atomic E-state index is 13.0. The van der Waals surface area contributed by atoms with Crippen LogP contribution in [0, 0.1) is 0 Å². The number of amidine groups is 1. The van der Waals surface area contributed by atoms with Crippen LogP contribution in [0.2, 0.25) is 0 Å². The summed E-state index contributed by atoms with van der Waals surface area (Å²) in [5.41, 5.74) is 0.912. The predicted octanol–water partition coefficient (Wildman–Crippen LogP) is 3.94. The average Bonchev–Trinajstić information content (AvgIpc) is 2.97. The van der Waals surface area contributed by atoms with Gasteiger partial charge in [0.1, 0.15) is 0 Å². The molecule has 1 amide bonds. The Morgan fingerprint density at radius 3 is 2.52 bits per heavy atom. The Morgan fingerprint density at radius 2 is 1.88 bits per heavy atom. The van der Waals surface area contributed by atoms with Gasteiger partial charge in [-0.05, 0) is 48.4 Å². The number of amides is 1. The van der Waals surface area contributed by atoms with Gasteiger partial charge in [-0.1, -0.05) is 25.3 Å². The first-order valence-electron chi connectivity index (χ1n) is 8.60. The van der Waals surface area contributed by atoms with Gasteiger partial charge >= 0.3 is 0 Å². The van der Waals surface area contributed by atoms with Crippen molar-refractivity contribution in [3.8, 4) is 11.5 Å². The van der Waals surface area contributed by atoms with Crippen LogP contribution >= 0.6 is 11.8 Å². The summed E-state index contributed by atoms with van der Waals surface area (Å²) >= 11 is 1.45. The van der Waals surface area contributed by atoms with E-state index in [-0.39, 0.29) is 11.9 Å². The molecule has 0 aromatic heterocycles. The fourth-order valence-electron chi connectivity index (χ4n) is 3.40. The normalized spacial score (nSPS) is 22.0. The molecule has 1 saturated heterocycles. The molecular weight excluding hydrogens is 336 g/mol. The third-order valence-corrected chi connectivity index (χ3v) is 5.75.